The molecule has 0 aliphatic heterocycles. The van der Waals surface area contributed by atoms with Crippen molar-refractivity contribution in [3.8, 4) is 5.75 Å². The highest BCUT2D eigenvalue weighted by Gasteiger charge is 2.29. The fraction of sp³-hybridized carbons (Fsp3) is 0.278. The number of hydrogen-bond acceptors (Lipinski definition) is 2. The molecule has 1 saturated carbocycles. The number of aryl methyl sites for hydroxylation is 1. The minimum absolute atomic E-state index is 0.595. The Kier molecular flexibility index (Phi) is 2.92. The van der Waals surface area contributed by atoms with Crippen LogP contribution >= 0.6 is 0 Å². The maximum Gasteiger partial charge on any atom is 0.150 e. The number of aromatic nitrogens is 2. The lowest BCUT2D eigenvalue weighted by atomic mass is 10.1. The summed E-state index contributed by atoms with van der Waals surface area (Å²) in [5.41, 5.74) is 5.65. The molecule has 2 aromatic heterocycles. The molecule has 3 heteroatoms. The monoisotopic (exact) mass is 278 g/mol. The number of hydrogen-bond donors (Lipinski definition) is 1. The molecule has 1 aliphatic carbocycles. The second-order valence-electron chi connectivity index (χ2n) is 5.79. The van der Waals surface area contributed by atoms with Gasteiger partial charge in [0.1, 0.15) is 17.9 Å². The van der Waals surface area contributed by atoms with E-state index in [9.17, 15) is 0 Å². The lowest BCUT2D eigenvalue weighted by Gasteiger charge is -2.12. The molecule has 1 aliphatic rings. The van der Waals surface area contributed by atoms with Crippen LogP contribution in [0.5, 0.6) is 5.75 Å². The molecule has 0 amide bonds. The highest BCUT2D eigenvalue weighted by Crippen LogP contribution is 2.46. The van der Waals surface area contributed by atoms with Crippen molar-refractivity contribution in [1.82, 2.24) is 9.97 Å². The summed E-state index contributed by atoms with van der Waals surface area (Å²) in [5.74, 6) is 1.61. The van der Waals surface area contributed by atoms with Crippen molar-refractivity contribution >= 4 is 11.0 Å². The van der Waals surface area contributed by atoms with Gasteiger partial charge in [0, 0.05) is 18.0 Å². The van der Waals surface area contributed by atoms with Crippen molar-refractivity contribution in [2.75, 3.05) is 0 Å². The summed E-state index contributed by atoms with van der Waals surface area (Å²) >= 11 is 0. The summed E-state index contributed by atoms with van der Waals surface area (Å²) in [6, 6.07) is 10.3. The highest BCUT2D eigenvalue weighted by molar-refractivity contribution is 5.85. The number of nitrogens with one attached hydrogen (secondary N) is 1. The van der Waals surface area contributed by atoms with E-state index in [2.05, 4.69) is 29.0 Å². The summed E-state index contributed by atoms with van der Waals surface area (Å²) in [6.07, 6.45) is 6.49. The second-order valence-corrected chi connectivity index (χ2v) is 5.79. The average Bonchev–Trinajstić information content (AvgIpc) is 3.30. The topological polar surface area (TPSA) is 37.9 Å². The van der Waals surface area contributed by atoms with E-state index in [1.54, 1.807) is 0 Å². The molecule has 0 radical (unpaired) electrons. The number of rotatable bonds is 4. The van der Waals surface area contributed by atoms with Crippen LogP contribution in [0, 0.1) is 6.92 Å². The van der Waals surface area contributed by atoms with Crippen LogP contribution in [-0.2, 0) is 6.61 Å². The minimum atomic E-state index is 0.595. The van der Waals surface area contributed by atoms with E-state index in [1.807, 2.05) is 30.6 Å². The average molecular weight is 278 g/mol. The smallest absolute Gasteiger partial charge is 0.150 e. The van der Waals surface area contributed by atoms with E-state index in [1.165, 1.54) is 24.0 Å². The van der Waals surface area contributed by atoms with E-state index in [-0.39, 0.29) is 0 Å². The zero-order chi connectivity index (χ0) is 14.2. The number of nitrogens with zero attached hydrogens (tertiary/aromatic N) is 1. The van der Waals surface area contributed by atoms with Crippen LogP contribution in [0.2, 0.25) is 0 Å². The number of fused-ring (bicyclic) bond motifs is 1. The number of ether oxygens (including phenoxy) is 1. The van der Waals surface area contributed by atoms with Crippen molar-refractivity contribution < 1.29 is 4.74 Å². The fourth-order valence-corrected chi connectivity index (χ4v) is 2.76. The second kappa shape index (κ2) is 4.92. The maximum absolute atomic E-state index is 6.18. The van der Waals surface area contributed by atoms with Crippen molar-refractivity contribution in [3.05, 3.63) is 59.4 Å². The molecule has 0 atom stereocenters. The van der Waals surface area contributed by atoms with E-state index in [0.717, 1.165) is 22.3 Å². The van der Waals surface area contributed by atoms with E-state index in [0.29, 0.717) is 12.5 Å². The van der Waals surface area contributed by atoms with Crippen LogP contribution < -0.4 is 4.74 Å². The van der Waals surface area contributed by atoms with Crippen LogP contribution in [0.15, 0.2) is 42.7 Å². The van der Waals surface area contributed by atoms with Gasteiger partial charge in [0.15, 0.2) is 0 Å². The lowest BCUT2D eigenvalue weighted by Crippen LogP contribution is -2.00. The molecular weight excluding hydrogens is 260 g/mol. The predicted octanol–water partition coefficient (Wildman–Crippen LogP) is 4.33. The van der Waals surface area contributed by atoms with Gasteiger partial charge in [-0.1, -0.05) is 30.3 Å². The van der Waals surface area contributed by atoms with Crippen molar-refractivity contribution in [1.29, 1.82) is 0 Å². The van der Waals surface area contributed by atoms with Gasteiger partial charge in [-0.25, -0.2) is 0 Å². The highest BCUT2D eigenvalue weighted by atomic mass is 16.5. The van der Waals surface area contributed by atoms with Gasteiger partial charge in [-0.3, -0.25) is 4.98 Å². The Balaban J connectivity index is 1.72. The van der Waals surface area contributed by atoms with Crippen LogP contribution in [-0.4, -0.2) is 9.97 Å². The molecule has 106 valence electrons. The predicted molar refractivity (Wildman–Crippen MR) is 83.6 cm³/mol. The zero-order valence-electron chi connectivity index (χ0n) is 12.1. The normalized spacial score (nSPS) is 14.5. The fourth-order valence-electron chi connectivity index (χ4n) is 2.76. The van der Waals surface area contributed by atoms with Crippen molar-refractivity contribution in [2.45, 2.75) is 32.3 Å². The van der Waals surface area contributed by atoms with Gasteiger partial charge in [0.25, 0.3) is 0 Å². The number of aromatic amines is 1. The summed E-state index contributed by atoms with van der Waals surface area (Å²) in [5, 5.41) is 0. The third kappa shape index (κ3) is 2.29. The van der Waals surface area contributed by atoms with Gasteiger partial charge in [-0.15, -0.1) is 0 Å². The van der Waals surface area contributed by atoms with Gasteiger partial charge >= 0.3 is 0 Å². The van der Waals surface area contributed by atoms with Gasteiger partial charge in [0.05, 0.1) is 5.52 Å². The van der Waals surface area contributed by atoms with Gasteiger partial charge in [-0.2, -0.15) is 0 Å². The Morgan fingerprint density at radius 2 is 2.05 bits per heavy atom. The SMILES string of the molecule is Cc1c[nH]c2c(OCc3ccccc3)c(C3CC3)cnc12. The Morgan fingerprint density at radius 3 is 2.81 bits per heavy atom. The first-order chi connectivity index (χ1) is 10.3. The van der Waals surface area contributed by atoms with Crippen molar-refractivity contribution in [2.24, 2.45) is 0 Å². The molecule has 0 unspecified atom stereocenters. The molecule has 3 aromatic rings. The quantitative estimate of drug-likeness (QED) is 0.771. The molecule has 0 bridgehead atoms. The molecule has 1 fully saturated rings. The Labute approximate surface area is 124 Å². The summed E-state index contributed by atoms with van der Waals surface area (Å²) in [6.45, 7) is 2.67. The molecule has 4 rings (SSSR count). The number of benzene rings is 1. The number of H-pyrrole nitrogens is 1. The summed E-state index contributed by atoms with van der Waals surface area (Å²) in [7, 11) is 0. The first kappa shape index (κ1) is 12.5. The van der Waals surface area contributed by atoms with Gasteiger partial charge in [0.2, 0.25) is 0 Å². The van der Waals surface area contributed by atoms with E-state index in [4.69, 9.17) is 4.74 Å². The molecule has 1 aromatic carbocycles. The van der Waals surface area contributed by atoms with Gasteiger partial charge in [-0.05, 0) is 36.8 Å². The van der Waals surface area contributed by atoms with Crippen LogP contribution in [0.4, 0.5) is 0 Å². The van der Waals surface area contributed by atoms with Crippen molar-refractivity contribution in [3.63, 3.8) is 0 Å². The number of pyridine rings is 1. The van der Waals surface area contributed by atoms with Crippen LogP contribution in [0.1, 0.15) is 35.4 Å². The molecule has 0 saturated heterocycles. The maximum atomic E-state index is 6.18. The summed E-state index contributed by atoms with van der Waals surface area (Å²) < 4.78 is 6.18. The van der Waals surface area contributed by atoms with Crippen LogP contribution in [0.25, 0.3) is 11.0 Å². The third-order valence-electron chi connectivity index (χ3n) is 4.11. The van der Waals surface area contributed by atoms with Gasteiger partial charge < -0.3 is 9.72 Å². The van der Waals surface area contributed by atoms with E-state index >= 15 is 0 Å². The Bertz CT molecular complexity index is 773. The molecule has 1 N–H and O–H groups in total. The third-order valence-corrected chi connectivity index (χ3v) is 4.11. The van der Waals surface area contributed by atoms with Crippen LogP contribution in [0.3, 0.4) is 0 Å². The first-order valence-electron chi connectivity index (χ1n) is 7.46. The zero-order valence-corrected chi connectivity index (χ0v) is 12.1. The largest absolute Gasteiger partial charge is 0.486 e. The minimum Gasteiger partial charge on any atom is -0.486 e. The Hall–Kier alpha value is -2.29. The standard InChI is InChI=1S/C18H18N2O/c1-12-9-19-17-16(12)20-10-15(14-7-8-14)18(17)21-11-13-5-3-2-4-6-13/h2-6,9-10,14,19H,7-8,11H2,1H3. The lowest BCUT2D eigenvalue weighted by molar-refractivity contribution is 0.306. The molecule has 21 heavy (non-hydrogen) atoms. The molecule has 3 nitrogen and oxygen atoms in total. The Morgan fingerprint density at radius 1 is 1.24 bits per heavy atom. The van der Waals surface area contributed by atoms with E-state index < -0.39 is 0 Å². The molecular formula is C18H18N2O. The molecule has 2 heterocycles. The summed E-state index contributed by atoms with van der Waals surface area (Å²) in [4.78, 5) is 7.93. The first-order valence-corrected chi connectivity index (χ1v) is 7.46. The molecule has 0 spiro atoms.